The molecule has 5 nitrogen and oxygen atoms in total. The molecule has 0 amide bonds. The van der Waals surface area contributed by atoms with Crippen LogP contribution in [0.4, 0.5) is 0 Å². The lowest BCUT2D eigenvalue weighted by Gasteiger charge is -2.11. The van der Waals surface area contributed by atoms with Gasteiger partial charge in [0.25, 0.3) is 0 Å². The van der Waals surface area contributed by atoms with Gasteiger partial charge in [0, 0.05) is 18.8 Å². The lowest BCUT2D eigenvalue weighted by molar-refractivity contribution is -0.141. The van der Waals surface area contributed by atoms with Gasteiger partial charge in [-0.05, 0) is 19.8 Å². The third kappa shape index (κ3) is 6.16. The van der Waals surface area contributed by atoms with Crippen molar-refractivity contribution in [1.82, 2.24) is 0 Å². The van der Waals surface area contributed by atoms with E-state index in [0.717, 1.165) is 0 Å². The summed E-state index contributed by atoms with van der Waals surface area (Å²) < 4.78 is 8.97. The van der Waals surface area contributed by atoms with Crippen molar-refractivity contribution in [3.63, 3.8) is 0 Å². The Hall–Kier alpha value is -1.39. The first kappa shape index (κ1) is 14.6. The van der Waals surface area contributed by atoms with Gasteiger partial charge in [0.2, 0.25) is 0 Å². The maximum absolute atomic E-state index is 11.2. The number of carbonyl (C=O) groups is 3. The van der Waals surface area contributed by atoms with E-state index in [0.29, 0.717) is 12.8 Å². The second-order valence-corrected chi connectivity index (χ2v) is 3.54. The minimum absolute atomic E-state index is 0.0205. The SMILES string of the molecule is COC(=O)CCC(CCC(=O)OC)C(C)=O. The smallest absolute Gasteiger partial charge is 0.305 e. The van der Waals surface area contributed by atoms with Gasteiger partial charge in [0.1, 0.15) is 5.78 Å². The lowest BCUT2D eigenvalue weighted by atomic mass is 9.94. The zero-order valence-electron chi connectivity index (χ0n) is 9.95. The van der Waals surface area contributed by atoms with Gasteiger partial charge in [-0.25, -0.2) is 0 Å². The van der Waals surface area contributed by atoms with Crippen molar-refractivity contribution in [2.75, 3.05) is 14.2 Å². The molecule has 0 aliphatic rings. The van der Waals surface area contributed by atoms with Crippen LogP contribution >= 0.6 is 0 Å². The third-order valence-electron chi connectivity index (χ3n) is 2.42. The Morgan fingerprint density at radius 1 is 0.938 bits per heavy atom. The number of esters is 2. The van der Waals surface area contributed by atoms with Gasteiger partial charge in [0.15, 0.2) is 0 Å². The summed E-state index contributed by atoms with van der Waals surface area (Å²) in [5, 5.41) is 0. The van der Waals surface area contributed by atoms with E-state index < -0.39 is 0 Å². The molecule has 0 aliphatic carbocycles. The van der Waals surface area contributed by atoms with E-state index in [1.165, 1.54) is 21.1 Å². The van der Waals surface area contributed by atoms with E-state index in [4.69, 9.17) is 0 Å². The number of carbonyl (C=O) groups excluding carboxylic acids is 3. The van der Waals surface area contributed by atoms with Crippen molar-refractivity contribution in [1.29, 1.82) is 0 Å². The molecule has 5 heteroatoms. The summed E-state index contributed by atoms with van der Waals surface area (Å²) in [6.45, 7) is 1.46. The molecule has 0 aromatic carbocycles. The minimum Gasteiger partial charge on any atom is -0.469 e. The van der Waals surface area contributed by atoms with Crippen LogP contribution in [0.1, 0.15) is 32.6 Å². The quantitative estimate of drug-likeness (QED) is 0.612. The van der Waals surface area contributed by atoms with Gasteiger partial charge < -0.3 is 9.47 Å². The van der Waals surface area contributed by atoms with Gasteiger partial charge >= 0.3 is 11.9 Å². The van der Waals surface area contributed by atoms with Crippen LogP contribution in [0.2, 0.25) is 0 Å². The number of Topliss-reactive ketones (excluding diaryl/α,β-unsaturated/α-hetero) is 1. The second kappa shape index (κ2) is 7.84. The molecular formula is C11H18O5. The largest absolute Gasteiger partial charge is 0.469 e. The summed E-state index contributed by atoms with van der Waals surface area (Å²) >= 11 is 0. The first-order valence-electron chi connectivity index (χ1n) is 5.15. The maximum atomic E-state index is 11.2. The lowest BCUT2D eigenvalue weighted by Crippen LogP contribution is -2.15. The molecule has 0 bridgehead atoms. The predicted octanol–water partition coefficient (Wildman–Crippen LogP) is 1.10. The Bertz CT molecular complexity index is 239. The van der Waals surface area contributed by atoms with Gasteiger partial charge in [0.05, 0.1) is 14.2 Å². The van der Waals surface area contributed by atoms with Crippen LogP contribution < -0.4 is 0 Å². The molecule has 0 aliphatic heterocycles. The van der Waals surface area contributed by atoms with Crippen LogP contribution in [0, 0.1) is 5.92 Å². The Balaban J connectivity index is 4.03. The Kier molecular flexibility index (Phi) is 7.16. The van der Waals surface area contributed by atoms with E-state index in [-0.39, 0.29) is 36.5 Å². The van der Waals surface area contributed by atoms with Crippen LogP contribution in [0.3, 0.4) is 0 Å². The predicted molar refractivity (Wildman–Crippen MR) is 56.7 cm³/mol. The van der Waals surface area contributed by atoms with Crippen LogP contribution in [-0.2, 0) is 23.9 Å². The van der Waals surface area contributed by atoms with E-state index in [2.05, 4.69) is 9.47 Å². The number of ketones is 1. The standard InChI is InChI=1S/C11H18O5/c1-8(12)9(4-6-10(13)15-2)5-7-11(14)16-3/h9H,4-7H2,1-3H3. The van der Waals surface area contributed by atoms with Crippen LogP contribution in [0.15, 0.2) is 0 Å². The number of methoxy groups -OCH3 is 2. The van der Waals surface area contributed by atoms with Crippen LogP contribution in [-0.4, -0.2) is 31.9 Å². The highest BCUT2D eigenvalue weighted by Crippen LogP contribution is 2.15. The van der Waals surface area contributed by atoms with Crippen molar-refractivity contribution in [3.8, 4) is 0 Å². The molecule has 0 aromatic heterocycles. The molecule has 0 radical (unpaired) electrons. The molecule has 0 unspecified atom stereocenters. The molecular weight excluding hydrogens is 212 g/mol. The average Bonchev–Trinajstić information content (AvgIpc) is 2.27. The van der Waals surface area contributed by atoms with E-state index in [1.807, 2.05) is 0 Å². The summed E-state index contributed by atoms with van der Waals surface area (Å²) in [5.41, 5.74) is 0. The highest BCUT2D eigenvalue weighted by Gasteiger charge is 2.17. The number of rotatable bonds is 7. The minimum atomic E-state index is -0.343. The normalized spacial score (nSPS) is 10.0. The van der Waals surface area contributed by atoms with Crippen LogP contribution in [0.25, 0.3) is 0 Å². The van der Waals surface area contributed by atoms with Gasteiger partial charge in [-0.2, -0.15) is 0 Å². The number of ether oxygens (including phenoxy) is 2. The molecule has 0 saturated heterocycles. The highest BCUT2D eigenvalue weighted by molar-refractivity contribution is 5.80. The Labute approximate surface area is 95.1 Å². The molecule has 16 heavy (non-hydrogen) atoms. The first-order valence-corrected chi connectivity index (χ1v) is 5.15. The average molecular weight is 230 g/mol. The molecule has 0 heterocycles. The molecule has 0 fully saturated rings. The third-order valence-corrected chi connectivity index (χ3v) is 2.42. The molecule has 0 aromatic rings. The van der Waals surface area contributed by atoms with Crippen molar-refractivity contribution < 1.29 is 23.9 Å². The van der Waals surface area contributed by atoms with Gasteiger partial charge in [-0.1, -0.05) is 0 Å². The van der Waals surface area contributed by atoms with Crippen LogP contribution in [0.5, 0.6) is 0 Å². The van der Waals surface area contributed by atoms with E-state index >= 15 is 0 Å². The monoisotopic (exact) mass is 230 g/mol. The molecule has 0 saturated carbocycles. The molecule has 0 N–H and O–H groups in total. The summed E-state index contributed by atoms with van der Waals surface area (Å²) in [6, 6.07) is 0. The van der Waals surface area contributed by atoms with Crippen molar-refractivity contribution in [2.45, 2.75) is 32.6 Å². The first-order chi connectivity index (χ1) is 7.51. The van der Waals surface area contributed by atoms with E-state index in [9.17, 15) is 14.4 Å². The van der Waals surface area contributed by atoms with Gasteiger partial charge in [-0.3, -0.25) is 14.4 Å². The van der Waals surface area contributed by atoms with Gasteiger partial charge in [-0.15, -0.1) is 0 Å². The Morgan fingerprint density at radius 3 is 1.56 bits per heavy atom. The fourth-order valence-electron chi connectivity index (χ4n) is 1.34. The highest BCUT2D eigenvalue weighted by atomic mass is 16.5. The van der Waals surface area contributed by atoms with Crippen molar-refractivity contribution in [3.05, 3.63) is 0 Å². The number of hydrogen-bond acceptors (Lipinski definition) is 5. The Morgan fingerprint density at radius 2 is 1.31 bits per heavy atom. The molecule has 0 spiro atoms. The summed E-state index contributed by atoms with van der Waals surface area (Å²) in [7, 11) is 2.61. The zero-order valence-corrected chi connectivity index (χ0v) is 9.95. The summed E-state index contributed by atoms with van der Waals surface area (Å²) in [6.07, 6.45) is 1.22. The fraction of sp³-hybridized carbons (Fsp3) is 0.727. The molecule has 0 rings (SSSR count). The van der Waals surface area contributed by atoms with Crippen molar-refractivity contribution >= 4 is 17.7 Å². The zero-order chi connectivity index (χ0) is 12.6. The summed E-state index contributed by atoms with van der Waals surface area (Å²) in [5.74, 6) is -0.986. The summed E-state index contributed by atoms with van der Waals surface area (Å²) in [4.78, 5) is 33.1. The van der Waals surface area contributed by atoms with Crippen molar-refractivity contribution in [2.24, 2.45) is 5.92 Å². The fourth-order valence-corrected chi connectivity index (χ4v) is 1.34. The van der Waals surface area contributed by atoms with E-state index in [1.54, 1.807) is 0 Å². The molecule has 0 atom stereocenters. The number of hydrogen-bond donors (Lipinski definition) is 0. The topological polar surface area (TPSA) is 69.7 Å². The second-order valence-electron chi connectivity index (χ2n) is 3.54. The maximum Gasteiger partial charge on any atom is 0.305 e. The molecule has 92 valence electrons.